The molecule has 4 aliphatic heterocycles. The second-order valence-electron chi connectivity index (χ2n) is 19.9. The van der Waals surface area contributed by atoms with Crippen molar-refractivity contribution in [1.82, 2.24) is 0 Å². The lowest BCUT2D eigenvalue weighted by atomic mass is 9.87. The van der Waals surface area contributed by atoms with E-state index in [1.54, 1.807) is 0 Å². The van der Waals surface area contributed by atoms with E-state index in [1.807, 2.05) is 0 Å². The Balaban J connectivity index is 1.28. The average molecular weight is 1250 g/mol. The van der Waals surface area contributed by atoms with E-state index in [4.69, 9.17) is 52.1 Å². The molecule has 0 aromatic heterocycles. The number of ketones is 1. The summed E-state index contributed by atoms with van der Waals surface area (Å²) in [7, 11) is -10.2. The van der Waals surface area contributed by atoms with E-state index in [1.165, 1.54) is 0 Å². The minimum absolute atomic E-state index is 0.192. The van der Waals surface area contributed by atoms with Crippen molar-refractivity contribution in [3.05, 3.63) is 79.6 Å². The third kappa shape index (κ3) is 12.2. The van der Waals surface area contributed by atoms with Crippen LogP contribution in [0.25, 0.3) is 11.1 Å². The topological polar surface area (TPSA) is 327 Å². The number of benzene rings is 2. The number of carbonyl (C=O) groups is 8. The SMILES string of the molecule is CC(=O)OC[C@H]1O[C@@H](OCc2ccc3c(c2)S(=O)(=O)C(C)=C3C2=C(C3=C(C)S(=O)(=O)c4cc(CO[C@@H]5O[C@H](C(O)C(C)=O)[C@@H](OC(C)=O)[C@H](OC(C)=O)[C@H]5OC(C)=O)ccc43)C(F)(F)C(F)(F)C2(F)F)[C@H](OC(C)=O)[C@@H](OC(C)=O)[C@@H]1OC(C)=O. The normalized spacial score (nSPS) is 27.9. The number of hydrogen-bond donors (Lipinski definition) is 1. The first-order valence-electron chi connectivity index (χ1n) is 25.3. The number of sulfone groups is 2. The number of carbonyl (C=O) groups excluding carboxylic acids is 8. The molecule has 1 N–H and O–H groups in total. The molecule has 7 rings (SSSR count). The summed E-state index contributed by atoms with van der Waals surface area (Å²) < 4.78 is 216. The van der Waals surface area contributed by atoms with Crippen LogP contribution in [0.1, 0.15) is 91.5 Å². The van der Waals surface area contributed by atoms with Gasteiger partial charge in [-0.1, -0.05) is 24.3 Å². The van der Waals surface area contributed by atoms with E-state index in [0.29, 0.717) is 13.8 Å². The fourth-order valence-corrected chi connectivity index (χ4v) is 13.4. The van der Waals surface area contributed by atoms with Crippen molar-refractivity contribution in [2.24, 2.45) is 0 Å². The first-order chi connectivity index (χ1) is 39.3. The first-order valence-corrected chi connectivity index (χ1v) is 28.2. The largest absolute Gasteiger partial charge is 0.463 e. The Kier molecular flexibility index (Phi) is 18.5. The van der Waals surface area contributed by atoms with E-state index in [2.05, 4.69) is 0 Å². The average Bonchev–Trinajstić information content (AvgIpc) is 1.52. The van der Waals surface area contributed by atoms with Gasteiger partial charge in [-0.3, -0.25) is 38.4 Å². The van der Waals surface area contributed by atoms with Crippen LogP contribution in [0.2, 0.25) is 0 Å². The number of halogens is 6. The highest BCUT2D eigenvalue weighted by molar-refractivity contribution is 7.96. The second-order valence-corrected chi connectivity index (χ2v) is 24.1. The Morgan fingerprint density at radius 3 is 1.25 bits per heavy atom. The quantitative estimate of drug-likeness (QED) is 0.124. The predicted octanol–water partition coefficient (Wildman–Crippen LogP) is 4.23. The van der Waals surface area contributed by atoms with Gasteiger partial charge in [0.05, 0.1) is 32.8 Å². The molecule has 0 saturated carbocycles. The van der Waals surface area contributed by atoms with Gasteiger partial charge in [0.2, 0.25) is 19.7 Å². The molecule has 2 aromatic rings. The molecule has 2 aromatic carbocycles. The molecule has 1 aliphatic carbocycles. The van der Waals surface area contributed by atoms with Gasteiger partial charge in [-0.15, -0.1) is 0 Å². The molecular formula is C53H54F6O24S2. The molecule has 464 valence electrons. The highest BCUT2D eigenvalue weighted by atomic mass is 32.2. The summed E-state index contributed by atoms with van der Waals surface area (Å²) in [5, 5.41) is 10.8. The number of rotatable bonds is 18. The molecular weight excluding hydrogens is 1200 g/mol. The minimum Gasteiger partial charge on any atom is -0.463 e. The van der Waals surface area contributed by atoms with Crippen LogP contribution in [-0.2, 0) is 123 Å². The van der Waals surface area contributed by atoms with Gasteiger partial charge in [0.25, 0.3) is 0 Å². The van der Waals surface area contributed by atoms with Crippen LogP contribution in [0, 0.1) is 0 Å². The van der Waals surface area contributed by atoms with Gasteiger partial charge in [-0.05, 0) is 44.0 Å². The summed E-state index contributed by atoms with van der Waals surface area (Å²) in [5.41, 5.74) is -9.30. The fraction of sp³-hybridized carbons (Fsp3) is 0.509. The van der Waals surface area contributed by atoms with Crippen LogP contribution in [0.5, 0.6) is 0 Å². The van der Waals surface area contributed by atoms with Crippen molar-refractivity contribution in [3.63, 3.8) is 0 Å². The minimum atomic E-state index is -6.37. The lowest BCUT2D eigenvalue weighted by Crippen LogP contribution is -2.65. The number of Topliss-reactive ketones (excluding diaryl/α,β-unsaturated/α-hetero) is 1. The zero-order valence-corrected chi connectivity index (χ0v) is 48.0. The summed E-state index contributed by atoms with van der Waals surface area (Å²) in [6.07, 6.45) is -20.0. The number of esters is 7. The number of aliphatic hydroxyl groups excluding tert-OH is 1. The number of ether oxygens (including phenoxy) is 11. The molecule has 0 amide bonds. The zero-order valence-electron chi connectivity index (χ0n) is 46.4. The van der Waals surface area contributed by atoms with Gasteiger partial charge < -0.3 is 57.2 Å². The molecule has 5 aliphatic rings. The summed E-state index contributed by atoms with van der Waals surface area (Å²) in [6.45, 7) is 6.51. The molecule has 32 heteroatoms. The van der Waals surface area contributed by atoms with E-state index in [9.17, 15) is 60.3 Å². The molecule has 0 radical (unpaired) electrons. The molecule has 11 atom stereocenters. The van der Waals surface area contributed by atoms with Crippen LogP contribution >= 0.6 is 0 Å². The number of allylic oxidation sites excluding steroid dienone is 6. The van der Waals surface area contributed by atoms with E-state index >= 15 is 26.3 Å². The Labute approximate surface area is 479 Å². The molecule has 2 fully saturated rings. The van der Waals surface area contributed by atoms with Gasteiger partial charge in [0.1, 0.15) is 24.9 Å². The maximum absolute atomic E-state index is 16.7. The van der Waals surface area contributed by atoms with Gasteiger partial charge in [0.15, 0.2) is 55.0 Å². The molecule has 0 bridgehead atoms. The summed E-state index contributed by atoms with van der Waals surface area (Å²) in [5.74, 6) is -26.3. The molecule has 24 nitrogen and oxygen atoms in total. The Bertz CT molecular complexity index is 3480. The summed E-state index contributed by atoms with van der Waals surface area (Å²) in [4.78, 5) is 93.7. The summed E-state index contributed by atoms with van der Waals surface area (Å²) in [6, 6.07) is 5.11. The number of aliphatic hydroxyl groups is 1. The van der Waals surface area contributed by atoms with E-state index in [-0.39, 0.29) is 11.1 Å². The van der Waals surface area contributed by atoms with Crippen LogP contribution in [0.3, 0.4) is 0 Å². The Hall–Kier alpha value is -7.10. The standard InChI is InChI=1S/C53H54F6O24S2/c1-20(60)41(68)43-45(78-26(7)64)46(79-27(8)65)48(81-29(10)67)50(83-43)75-18-31-12-14-33-36(16-31)85(71,72)22(3)38(33)40-39(51(54,55)53(58,59)52(40,56)57)37-21(2)84(69,70)35-15-30(11-13-32(35)37)17-74-49-47(80-28(9)66)44(77-25(6)63)42(76-24(5)62)34(82-49)19-73-23(4)61/h11-16,34,41-50,68H,17-19H2,1-10H3/t34-,41?,42-,43-,44+,45-,46+,47-,48-,49-,50-/m1/s1. The third-order valence-corrected chi connectivity index (χ3v) is 17.7. The van der Waals surface area contributed by atoms with Gasteiger partial charge in [0, 0.05) is 81.9 Å². The number of hydrogen-bond acceptors (Lipinski definition) is 24. The Morgan fingerprint density at radius 2 is 0.871 bits per heavy atom. The molecule has 2 saturated heterocycles. The summed E-state index contributed by atoms with van der Waals surface area (Å²) >= 11 is 0. The van der Waals surface area contributed by atoms with E-state index < -0.39 is 225 Å². The molecule has 0 spiro atoms. The molecule has 4 heterocycles. The predicted molar refractivity (Wildman–Crippen MR) is 268 cm³/mol. The zero-order chi connectivity index (χ0) is 63.5. The van der Waals surface area contributed by atoms with Crippen molar-refractivity contribution in [2.75, 3.05) is 6.61 Å². The van der Waals surface area contributed by atoms with Crippen molar-refractivity contribution in [3.8, 4) is 0 Å². The Morgan fingerprint density at radius 1 is 0.518 bits per heavy atom. The van der Waals surface area contributed by atoms with Crippen LogP contribution < -0.4 is 0 Å². The highest BCUT2D eigenvalue weighted by Gasteiger charge is 2.81. The smallest absolute Gasteiger partial charge is 0.380 e. The van der Waals surface area contributed by atoms with Gasteiger partial charge >= 0.3 is 59.6 Å². The van der Waals surface area contributed by atoms with E-state index in [0.717, 1.165) is 91.8 Å². The third-order valence-electron chi connectivity index (χ3n) is 13.8. The highest BCUT2D eigenvalue weighted by Crippen LogP contribution is 2.67. The lowest BCUT2D eigenvalue weighted by molar-refractivity contribution is -0.315. The second kappa shape index (κ2) is 24.0. The maximum atomic E-state index is 16.7. The van der Waals surface area contributed by atoms with Gasteiger partial charge in [-0.25, -0.2) is 16.8 Å². The van der Waals surface area contributed by atoms with Crippen molar-refractivity contribution in [1.29, 1.82) is 0 Å². The fourth-order valence-electron chi connectivity index (χ4n) is 10.3. The lowest BCUT2D eigenvalue weighted by Gasteiger charge is -2.45. The molecule has 1 unspecified atom stereocenters. The van der Waals surface area contributed by atoms with Crippen molar-refractivity contribution in [2.45, 2.75) is 178 Å². The van der Waals surface area contributed by atoms with Crippen molar-refractivity contribution < 1.29 is 139 Å². The van der Waals surface area contributed by atoms with Gasteiger partial charge in [-0.2, -0.15) is 26.3 Å². The number of alkyl halides is 6. The van der Waals surface area contributed by atoms with Crippen LogP contribution in [0.15, 0.2) is 67.1 Å². The van der Waals surface area contributed by atoms with Crippen LogP contribution in [-0.4, -0.2) is 161 Å². The monoisotopic (exact) mass is 1250 g/mol. The van der Waals surface area contributed by atoms with Crippen LogP contribution in [0.4, 0.5) is 26.3 Å². The maximum Gasteiger partial charge on any atom is 0.380 e. The first kappa shape index (κ1) is 65.4. The van der Waals surface area contributed by atoms with Crippen molar-refractivity contribution >= 4 is 78.4 Å². The molecule has 85 heavy (non-hydrogen) atoms. The number of fused-ring (bicyclic) bond motifs is 2.